The zero-order valence-corrected chi connectivity index (χ0v) is 7.79. The third-order valence-corrected chi connectivity index (χ3v) is 2.55. The molecule has 1 heterocycles. The van der Waals surface area contributed by atoms with Gasteiger partial charge in [-0.2, -0.15) is 26.3 Å². The van der Waals surface area contributed by atoms with Gasteiger partial charge in [-0.3, -0.25) is 0 Å². The van der Waals surface area contributed by atoms with Gasteiger partial charge in [-0.05, 0) is 0 Å². The smallest absolute Gasteiger partial charge is 0.301 e. The van der Waals surface area contributed by atoms with Crippen LogP contribution in [0, 0.1) is 0 Å². The number of hydrogen-bond donors (Lipinski definition) is 1. The Balaban J connectivity index is 2.33. The van der Waals surface area contributed by atoms with Crippen molar-refractivity contribution in [3.63, 3.8) is 0 Å². The van der Waals surface area contributed by atoms with Gasteiger partial charge in [0.15, 0.2) is 13.2 Å². The molecule has 0 saturated carbocycles. The molecule has 90 valence electrons. The van der Waals surface area contributed by atoms with Gasteiger partial charge in [0.2, 0.25) is 0 Å². The molecule has 0 atom stereocenters. The minimum absolute atomic E-state index is 1.70. The third-order valence-electron chi connectivity index (χ3n) is 1.07. The normalized spacial score (nSPS) is 19.9. The standard InChI is InChI=1S/C4H5F6N2O2P/c5-3(6,7)1-13-15(11-12-15)14-2-4(8,9)10/h11H,1-2H2. The molecule has 0 unspecified atom stereocenters. The van der Waals surface area contributed by atoms with Crippen LogP contribution in [0.4, 0.5) is 26.3 Å². The Labute approximate surface area is 79.8 Å². The molecule has 4 nitrogen and oxygen atoms in total. The van der Waals surface area contributed by atoms with Crippen LogP contribution in [0.25, 0.3) is 0 Å². The van der Waals surface area contributed by atoms with E-state index < -0.39 is 33.2 Å². The first-order valence-corrected chi connectivity index (χ1v) is 5.01. The Morgan fingerprint density at radius 3 is 1.47 bits per heavy atom. The second-order valence-corrected chi connectivity index (χ2v) is 4.45. The molecule has 0 amide bonds. The van der Waals surface area contributed by atoms with Crippen LogP contribution in [-0.2, 0) is 9.05 Å². The Kier molecular flexibility index (Phi) is 3.34. The highest BCUT2D eigenvalue weighted by Crippen LogP contribution is 2.58. The van der Waals surface area contributed by atoms with Crippen molar-refractivity contribution in [2.45, 2.75) is 12.4 Å². The summed E-state index contributed by atoms with van der Waals surface area (Å²) in [6, 6.07) is 0. The van der Waals surface area contributed by atoms with E-state index in [1.54, 1.807) is 0 Å². The van der Waals surface area contributed by atoms with Gasteiger partial charge in [-0.25, -0.2) is 0 Å². The average molecular weight is 258 g/mol. The van der Waals surface area contributed by atoms with Crippen molar-refractivity contribution in [1.82, 2.24) is 5.20 Å². The first-order chi connectivity index (χ1) is 6.62. The van der Waals surface area contributed by atoms with Crippen molar-refractivity contribution in [3.8, 4) is 0 Å². The number of hydrogen-bond acceptors (Lipinski definition) is 4. The average Bonchev–Trinajstić information content (AvgIpc) is 2.76. The molecule has 0 saturated heterocycles. The molecule has 0 aromatic heterocycles. The van der Waals surface area contributed by atoms with Gasteiger partial charge in [0.25, 0.3) is 0 Å². The summed E-state index contributed by atoms with van der Waals surface area (Å²) in [5.41, 5.74) is 0. The number of nitrogens with one attached hydrogen (secondary N) is 1. The first-order valence-electron chi connectivity index (χ1n) is 3.43. The highest BCUT2D eigenvalue weighted by atomic mass is 31.2. The summed E-state index contributed by atoms with van der Waals surface area (Å²) in [6.45, 7) is -3.40. The quantitative estimate of drug-likeness (QED) is 0.622. The van der Waals surface area contributed by atoms with Crippen molar-refractivity contribution in [2.24, 2.45) is 4.85 Å². The molecule has 0 aromatic carbocycles. The number of nitrogens with zero attached hydrogens (tertiary/aromatic N) is 1. The van der Waals surface area contributed by atoms with Crippen molar-refractivity contribution in [2.75, 3.05) is 13.2 Å². The van der Waals surface area contributed by atoms with E-state index in [0.29, 0.717) is 0 Å². The molecule has 0 aliphatic carbocycles. The fraction of sp³-hybridized carbons (Fsp3) is 1.00. The maximum atomic E-state index is 11.6. The lowest BCUT2D eigenvalue weighted by Crippen LogP contribution is -2.19. The molecular weight excluding hydrogens is 253 g/mol. The lowest BCUT2D eigenvalue weighted by molar-refractivity contribution is -0.162. The molecule has 1 N–H and O–H groups in total. The van der Waals surface area contributed by atoms with Gasteiger partial charge in [-0.1, -0.05) is 0 Å². The Morgan fingerprint density at radius 1 is 0.933 bits per heavy atom. The summed E-state index contributed by atoms with van der Waals surface area (Å²) < 4.78 is 78.0. The van der Waals surface area contributed by atoms with E-state index in [0.717, 1.165) is 0 Å². The Morgan fingerprint density at radius 2 is 1.27 bits per heavy atom. The topological polar surface area (TPSA) is 52.8 Å². The van der Waals surface area contributed by atoms with Crippen LogP contribution in [0.15, 0.2) is 4.85 Å². The lowest BCUT2D eigenvalue weighted by atomic mass is 10.7. The zero-order valence-electron chi connectivity index (χ0n) is 6.89. The van der Waals surface area contributed by atoms with Crippen LogP contribution in [-0.4, -0.2) is 25.6 Å². The molecule has 0 aromatic rings. The monoisotopic (exact) mass is 258 g/mol. The van der Waals surface area contributed by atoms with Crippen molar-refractivity contribution in [1.29, 1.82) is 0 Å². The SMILES string of the molecule is FC(F)(F)COP1(OCC(F)(F)F)=NN1. The Bertz CT molecular complexity index is 264. The fourth-order valence-electron chi connectivity index (χ4n) is 0.511. The van der Waals surface area contributed by atoms with Gasteiger partial charge in [0.05, 0.1) is 0 Å². The summed E-state index contributed by atoms with van der Waals surface area (Å²) >= 11 is 0. The highest BCUT2D eigenvalue weighted by Gasteiger charge is 2.42. The maximum Gasteiger partial charge on any atom is 0.412 e. The zero-order chi connectivity index (χ0) is 11.7. The molecule has 1 aliphatic heterocycles. The molecule has 11 heteroatoms. The summed E-state index contributed by atoms with van der Waals surface area (Å²) in [5.74, 6) is 0. The predicted octanol–water partition coefficient (Wildman–Crippen LogP) is 2.61. The summed E-state index contributed by atoms with van der Waals surface area (Å²) in [4.78, 5) is 3.06. The molecule has 1 rings (SSSR count). The number of halogens is 6. The lowest BCUT2D eigenvalue weighted by Gasteiger charge is -2.12. The molecule has 1 aliphatic rings. The van der Waals surface area contributed by atoms with Gasteiger partial charge >= 0.3 is 20.0 Å². The van der Waals surface area contributed by atoms with Gasteiger partial charge in [0.1, 0.15) is 0 Å². The van der Waals surface area contributed by atoms with Crippen molar-refractivity contribution < 1.29 is 35.4 Å². The number of rotatable bonds is 4. The summed E-state index contributed by atoms with van der Waals surface area (Å²) in [7, 11) is -3.45. The van der Waals surface area contributed by atoms with E-state index in [1.165, 1.54) is 0 Å². The predicted molar refractivity (Wildman–Crippen MR) is 36.5 cm³/mol. The van der Waals surface area contributed by atoms with E-state index >= 15 is 0 Å². The van der Waals surface area contributed by atoms with E-state index in [9.17, 15) is 26.3 Å². The fourth-order valence-corrected chi connectivity index (χ4v) is 1.75. The largest absolute Gasteiger partial charge is 0.412 e. The first kappa shape index (κ1) is 12.8. The van der Waals surface area contributed by atoms with Crippen LogP contribution in [0.3, 0.4) is 0 Å². The molecule has 0 fully saturated rings. The number of alkyl halides is 6. The second-order valence-electron chi connectivity index (χ2n) is 2.50. The van der Waals surface area contributed by atoms with E-state index in [-0.39, 0.29) is 0 Å². The molecule has 15 heavy (non-hydrogen) atoms. The molecular formula is C4H5F6N2O2P. The minimum Gasteiger partial charge on any atom is -0.301 e. The van der Waals surface area contributed by atoms with Crippen LogP contribution < -0.4 is 5.20 Å². The van der Waals surface area contributed by atoms with Crippen LogP contribution in [0.5, 0.6) is 0 Å². The molecule has 0 bridgehead atoms. The summed E-state index contributed by atoms with van der Waals surface area (Å²) in [5, 5.41) is 1.88. The van der Waals surface area contributed by atoms with E-state index in [4.69, 9.17) is 0 Å². The van der Waals surface area contributed by atoms with E-state index in [1.807, 2.05) is 5.20 Å². The van der Waals surface area contributed by atoms with Gasteiger partial charge in [-0.15, -0.1) is 10.1 Å². The van der Waals surface area contributed by atoms with Gasteiger partial charge in [0, 0.05) is 0 Å². The van der Waals surface area contributed by atoms with Crippen LogP contribution in [0.2, 0.25) is 0 Å². The maximum absolute atomic E-state index is 11.6. The Hall–Kier alpha value is -0.310. The third kappa shape index (κ3) is 5.36. The van der Waals surface area contributed by atoms with Crippen molar-refractivity contribution in [3.05, 3.63) is 0 Å². The second kappa shape index (κ2) is 3.93. The van der Waals surface area contributed by atoms with Crippen LogP contribution in [0.1, 0.15) is 0 Å². The molecule has 0 radical (unpaired) electrons. The highest BCUT2D eigenvalue weighted by molar-refractivity contribution is 7.58. The van der Waals surface area contributed by atoms with Gasteiger partial charge < -0.3 is 9.05 Å². The van der Waals surface area contributed by atoms with Crippen molar-refractivity contribution >= 4 is 7.66 Å². The summed E-state index contributed by atoms with van der Waals surface area (Å²) in [6.07, 6.45) is -9.26. The van der Waals surface area contributed by atoms with E-state index in [2.05, 4.69) is 13.9 Å². The minimum atomic E-state index is -4.63. The van der Waals surface area contributed by atoms with Crippen LogP contribution >= 0.6 is 7.66 Å². The molecule has 0 spiro atoms.